The van der Waals surface area contributed by atoms with E-state index in [9.17, 15) is 5.11 Å². The normalized spacial score (nSPS) is 10.9. The third kappa shape index (κ3) is 4.14. The first-order valence-electron chi connectivity index (χ1n) is 8.51. The van der Waals surface area contributed by atoms with Crippen LogP contribution in [0, 0.1) is 11.6 Å². The zero-order valence-corrected chi connectivity index (χ0v) is 15.1. The molecule has 0 aliphatic carbocycles. The molecule has 3 rings (SSSR count). The van der Waals surface area contributed by atoms with Crippen LogP contribution in [-0.4, -0.2) is 25.1 Å². The van der Waals surface area contributed by atoms with Gasteiger partial charge in [-0.05, 0) is 55.9 Å². The van der Waals surface area contributed by atoms with Gasteiger partial charge in [0, 0.05) is 18.1 Å². The van der Waals surface area contributed by atoms with Crippen molar-refractivity contribution < 1.29 is 5.11 Å². The molecule has 0 amide bonds. The monoisotopic (exact) mass is 354 g/mol. The standard InChI is InChI=1S/C19H22N4OS/c1-14-7-5-6-10-17(14)23-12-11-15(18(24)19(23)25)8-3-2-4-9-16-13-20-22-21-16/h5-7,10-13,24H,2-4,8-9H2,1H3,(H,20,21,22). The van der Waals surface area contributed by atoms with Crippen LogP contribution in [0.2, 0.25) is 0 Å². The Balaban J connectivity index is 1.62. The van der Waals surface area contributed by atoms with E-state index in [1.165, 1.54) is 0 Å². The van der Waals surface area contributed by atoms with Crippen LogP contribution in [0.1, 0.15) is 36.1 Å². The van der Waals surface area contributed by atoms with Crippen molar-refractivity contribution in [3.05, 3.63) is 64.2 Å². The Bertz CT molecular complexity index is 887. The Morgan fingerprint density at radius 3 is 2.68 bits per heavy atom. The Kier molecular flexibility index (Phi) is 5.60. The van der Waals surface area contributed by atoms with Gasteiger partial charge in [0.25, 0.3) is 0 Å². The molecule has 6 heteroatoms. The van der Waals surface area contributed by atoms with Crippen LogP contribution in [0.25, 0.3) is 5.69 Å². The van der Waals surface area contributed by atoms with Gasteiger partial charge in [-0.3, -0.25) is 5.10 Å². The highest BCUT2D eigenvalue weighted by Crippen LogP contribution is 2.24. The second-order valence-electron chi connectivity index (χ2n) is 6.18. The molecule has 2 aromatic heterocycles. The van der Waals surface area contributed by atoms with E-state index in [0.29, 0.717) is 4.64 Å². The fourth-order valence-corrected chi connectivity index (χ4v) is 3.22. The van der Waals surface area contributed by atoms with Gasteiger partial charge >= 0.3 is 0 Å². The second kappa shape index (κ2) is 8.07. The van der Waals surface area contributed by atoms with Gasteiger partial charge in [-0.1, -0.05) is 42.1 Å². The van der Waals surface area contributed by atoms with E-state index in [-0.39, 0.29) is 5.75 Å². The van der Waals surface area contributed by atoms with Crippen molar-refractivity contribution in [2.45, 2.75) is 39.0 Å². The minimum absolute atomic E-state index is 0.220. The van der Waals surface area contributed by atoms with Gasteiger partial charge in [-0.25, -0.2) is 0 Å². The lowest BCUT2D eigenvalue weighted by Crippen LogP contribution is -2.01. The molecule has 2 N–H and O–H groups in total. The van der Waals surface area contributed by atoms with Gasteiger partial charge in [0.1, 0.15) is 0 Å². The lowest BCUT2D eigenvalue weighted by atomic mass is 10.1. The van der Waals surface area contributed by atoms with E-state index in [0.717, 1.165) is 54.6 Å². The first-order chi connectivity index (χ1) is 12.2. The molecule has 0 unspecified atom stereocenters. The SMILES string of the molecule is Cc1ccccc1-n1ccc(CCCCCc2c[nH]nn2)c(O)c1=S. The molecule has 0 fully saturated rings. The number of nitrogens with one attached hydrogen (secondary N) is 1. The van der Waals surface area contributed by atoms with Gasteiger partial charge in [0.05, 0.1) is 5.69 Å². The van der Waals surface area contributed by atoms with Gasteiger partial charge in [0.2, 0.25) is 0 Å². The van der Waals surface area contributed by atoms with Crippen LogP contribution >= 0.6 is 12.2 Å². The molecule has 0 atom stereocenters. The number of aromatic hydroxyl groups is 1. The topological polar surface area (TPSA) is 66.7 Å². The molecular formula is C19H22N4OS. The average molecular weight is 354 g/mol. The molecule has 0 radical (unpaired) electrons. The Labute approximate surface area is 152 Å². The van der Waals surface area contributed by atoms with Crippen molar-refractivity contribution in [1.82, 2.24) is 20.0 Å². The van der Waals surface area contributed by atoms with Crippen LogP contribution in [0.5, 0.6) is 5.75 Å². The number of rotatable bonds is 7. The molecule has 130 valence electrons. The summed E-state index contributed by atoms with van der Waals surface area (Å²) in [5.41, 5.74) is 4.03. The highest BCUT2D eigenvalue weighted by atomic mass is 32.1. The van der Waals surface area contributed by atoms with E-state index < -0.39 is 0 Å². The van der Waals surface area contributed by atoms with Crippen molar-refractivity contribution in [2.75, 3.05) is 0 Å². The largest absolute Gasteiger partial charge is 0.505 e. The minimum Gasteiger partial charge on any atom is -0.505 e. The van der Waals surface area contributed by atoms with Gasteiger partial charge in [0.15, 0.2) is 10.4 Å². The van der Waals surface area contributed by atoms with E-state index >= 15 is 0 Å². The molecule has 3 aromatic rings. The molecule has 1 aromatic carbocycles. The first-order valence-corrected chi connectivity index (χ1v) is 8.92. The lowest BCUT2D eigenvalue weighted by molar-refractivity contribution is 0.458. The molecule has 0 aliphatic rings. The summed E-state index contributed by atoms with van der Waals surface area (Å²) in [6.07, 6.45) is 8.68. The molecule has 0 aliphatic heterocycles. The molecule has 25 heavy (non-hydrogen) atoms. The highest BCUT2D eigenvalue weighted by Gasteiger charge is 2.08. The van der Waals surface area contributed by atoms with Crippen LogP contribution in [0.3, 0.4) is 0 Å². The quantitative estimate of drug-likeness (QED) is 0.490. The number of nitrogens with zero attached hydrogens (tertiary/aromatic N) is 3. The maximum atomic E-state index is 10.5. The number of pyridine rings is 1. The highest BCUT2D eigenvalue weighted by molar-refractivity contribution is 7.71. The summed E-state index contributed by atoms with van der Waals surface area (Å²) < 4.78 is 2.34. The number of H-pyrrole nitrogens is 1. The number of aromatic nitrogens is 4. The number of para-hydroxylation sites is 1. The number of hydrogen-bond donors (Lipinski definition) is 2. The summed E-state index contributed by atoms with van der Waals surface area (Å²) in [7, 11) is 0. The van der Waals surface area contributed by atoms with Crippen LogP contribution in [0.15, 0.2) is 42.7 Å². The summed E-state index contributed by atoms with van der Waals surface area (Å²) >= 11 is 5.47. The predicted octanol–water partition coefficient (Wildman–Crippen LogP) is 4.29. The molecular weight excluding hydrogens is 332 g/mol. The van der Waals surface area contributed by atoms with E-state index in [1.54, 1.807) is 0 Å². The molecule has 0 saturated heterocycles. The third-order valence-electron chi connectivity index (χ3n) is 4.37. The summed E-state index contributed by atoms with van der Waals surface area (Å²) in [6.45, 7) is 2.04. The number of hydrogen-bond acceptors (Lipinski definition) is 4. The molecule has 2 heterocycles. The summed E-state index contributed by atoms with van der Waals surface area (Å²) in [5.74, 6) is 0.220. The van der Waals surface area contributed by atoms with Crippen molar-refractivity contribution in [1.29, 1.82) is 0 Å². The van der Waals surface area contributed by atoms with Crippen LogP contribution in [-0.2, 0) is 12.8 Å². The fraction of sp³-hybridized carbons (Fsp3) is 0.316. The fourth-order valence-electron chi connectivity index (χ4n) is 2.93. The summed E-state index contributed by atoms with van der Waals surface area (Å²) in [5, 5.41) is 20.9. The van der Waals surface area contributed by atoms with Gasteiger partial charge in [-0.2, -0.15) is 0 Å². The summed E-state index contributed by atoms with van der Waals surface area (Å²) in [4.78, 5) is 0. The Morgan fingerprint density at radius 1 is 1.12 bits per heavy atom. The van der Waals surface area contributed by atoms with Crippen molar-refractivity contribution in [3.8, 4) is 11.4 Å². The predicted molar refractivity (Wildman–Crippen MR) is 101 cm³/mol. The zero-order valence-electron chi connectivity index (χ0n) is 14.3. The average Bonchev–Trinajstić information content (AvgIpc) is 3.13. The number of benzene rings is 1. The number of unbranched alkanes of at least 4 members (excludes halogenated alkanes) is 2. The van der Waals surface area contributed by atoms with E-state index in [1.807, 2.05) is 54.2 Å². The van der Waals surface area contributed by atoms with Crippen molar-refractivity contribution >= 4 is 12.2 Å². The van der Waals surface area contributed by atoms with Crippen molar-refractivity contribution in [2.24, 2.45) is 0 Å². The second-order valence-corrected chi connectivity index (χ2v) is 6.56. The molecule has 5 nitrogen and oxygen atoms in total. The maximum absolute atomic E-state index is 10.5. The van der Waals surface area contributed by atoms with Crippen molar-refractivity contribution in [3.63, 3.8) is 0 Å². The van der Waals surface area contributed by atoms with Crippen LogP contribution < -0.4 is 0 Å². The maximum Gasteiger partial charge on any atom is 0.154 e. The van der Waals surface area contributed by atoms with E-state index in [2.05, 4.69) is 15.4 Å². The van der Waals surface area contributed by atoms with Gasteiger partial charge < -0.3 is 9.67 Å². The van der Waals surface area contributed by atoms with E-state index in [4.69, 9.17) is 12.2 Å². The van der Waals surface area contributed by atoms with Crippen LogP contribution in [0.4, 0.5) is 0 Å². The zero-order chi connectivity index (χ0) is 17.6. The lowest BCUT2D eigenvalue weighted by Gasteiger charge is -2.13. The minimum atomic E-state index is 0.220. The third-order valence-corrected chi connectivity index (χ3v) is 4.76. The smallest absolute Gasteiger partial charge is 0.154 e. The molecule has 0 bridgehead atoms. The Morgan fingerprint density at radius 2 is 1.92 bits per heavy atom. The molecule has 0 saturated carbocycles. The number of aromatic amines is 1. The van der Waals surface area contributed by atoms with Gasteiger partial charge in [-0.15, -0.1) is 5.10 Å². The first kappa shape index (κ1) is 17.4. The Hall–Kier alpha value is -2.47. The molecule has 0 spiro atoms. The summed E-state index contributed by atoms with van der Waals surface area (Å²) in [6, 6.07) is 9.99. The number of aryl methyl sites for hydroxylation is 3.